The second-order valence-corrected chi connectivity index (χ2v) is 6.40. The average Bonchev–Trinajstić information content (AvgIpc) is 3.01. The molecule has 0 aliphatic carbocycles. The molecule has 2 N–H and O–H groups in total. The van der Waals surface area contributed by atoms with Crippen molar-refractivity contribution in [3.63, 3.8) is 0 Å². The van der Waals surface area contributed by atoms with E-state index in [-0.39, 0.29) is 5.56 Å². The number of benzene rings is 1. The van der Waals surface area contributed by atoms with Gasteiger partial charge in [0.1, 0.15) is 0 Å². The molecule has 1 unspecified atom stereocenters. The minimum Gasteiger partial charge on any atom is -0.481 e. The summed E-state index contributed by atoms with van der Waals surface area (Å²) in [6, 6.07) is 0.965. The number of carbonyl (C=O) groups excluding carboxylic acids is 1. The predicted molar refractivity (Wildman–Crippen MR) is 84.7 cm³/mol. The van der Waals surface area contributed by atoms with Crippen LogP contribution in [0.1, 0.15) is 18.5 Å². The highest BCUT2D eigenvalue weighted by Gasteiger charge is 2.53. The number of aliphatic carboxylic acids is 1. The van der Waals surface area contributed by atoms with Crippen molar-refractivity contribution in [3.8, 4) is 0 Å². The molecule has 0 saturated carbocycles. The lowest BCUT2D eigenvalue weighted by Crippen LogP contribution is -2.41. The van der Waals surface area contributed by atoms with Crippen molar-refractivity contribution in [2.75, 3.05) is 13.1 Å². The smallest absolute Gasteiger partial charge is 0.394 e. The van der Waals surface area contributed by atoms with Crippen LogP contribution in [0.15, 0.2) is 30.4 Å². The SMILES string of the molecule is C=C(C)C(NC(=O)N1C[C@@H](C(F)(F)F)[C@H](C(=O)O)C1)c1ccc(F)c(F)c1. The molecule has 0 aromatic heterocycles. The molecule has 1 fully saturated rings. The number of nitrogens with zero attached hydrogens (tertiary/aromatic N) is 1. The number of carboxylic acid groups (broad SMARTS) is 1. The van der Waals surface area contributed by atoms with Crippen LogP contribution in [0.3, 0.4) is 0 Å². The van der Waals surface area contributed by atoms with Gasteiger partial charge < -0.3 is 15.3 Å². The van der Waals surface area contributed by atoms with E-state index < -0.39 is 60.8 Å². The minimum absolute atomic E-state index is 0.149. The molecule has 27 heavy (non-hydrogen) atoms. The van der Waals surface area contributed by atoms with Crippen LogP contribution in [0.5, 0.6) is 0 Å². The molecule has 1 saturated heterocycles. The van der Waals surface area contributed by atoms with Crippen molar-refractivity contribution in [3.05, 3.63) is 47.5 Å². The molecule has 1 aliphatic rings. The van der Waals surface area contributed by atoms with Gasteiger partial charge in [0.25, 0.3) is 0 Å². The van der Waals surface area contributed by atoms with E-state index in [9.17, 15) is 31.5 Å². The number of hydrogen-bond acceptors (Lipinski definition) is 2. The molecular weight excluding hydrogens is 375 g/mol. The topological polar surface area (TPSA) is 69.6 Å². The summed E-state index contributed by atoms with van der Waals surface area (Å²) >= 11 is 0. The summed E-state index contributed by atoms with van der Waals surface area (Å²) in [5, 5.41) is 11.4. The van der Waals surface area contributed by atoms with E-state index in [1.54, 1.807) is 0 Å². The van der Waals surface area contributed by atoms with E-state index in [1.807, 2.05) is 0 Å². The van der Waals surface area contributed by atoms with Crippen molar-refractivity contribution in [2.24, 2.45) is 11.8 Å². The maximum absolute atomic E-state index is 13.4. The normalized spacial score (nSPS) is 21.0. The summed E-state index contributed by atoms with van der Waals surface area (Å²) in [6.45, 7) is 3.70. The molecule has 5 nitrogen and oxygen atoms in total. The zero-order valence-corrected chi connectivity index (χ0v) is 14.2. The van der Waals surface area contributed by atoms with Crippen LogP contribution in [-0.2, 0) is 4.79 Å². The Morgan fingerprint density at radius 1 is 1.26 bits per heavy atom. The number of likely N-dealkylation sites (tertiary alicyclic amines) is 1. The third kappa shape index (κ3) is 4.55. The van der Waals surface area contributed by atoms with Crippen LogP contribution in [0.25, 0.3) is 0 Å². The summed E-state index contributed by atoms with van der Waals surface area (Å²) in [6.07, 6.45) is -4.77. The number of amides is 2. The largest absolute Gasteiger partial charge is 0.481 e. The Bertz CT molecular complexity index is 765. The quantitative estimate of drug-likeness (QED) is 0.609. The van der Waals surface area contributed by atoms with Gasteiger partial charge in [-0.05, 0) is 24.6 Å². The summed E-state index contributed by atoms with van der Waals surface area (Å²) in [4.78, 5) is 24.2. The van der Waals surface area contributed by atoms with Gasteiger partial charge in [-0.1, -0.05) is 18.2 Å². The zero-order valence-electron chi connectivity index (χ0n) is 14.2. The molecule has 0 spiro atoms. The Balaban J connectivity index is 2.19. The number of carboxylic acids is 1. The van der Waals surface area contributed by atoms with Gasteiger partial charge in [0.05, 0.1) is 17.9 Å². The second-order valence-electron chi connectivity index (χ2n) is 6.40. The zero-order chi connectivity index (χ0) is 20.5. The summed E-state index contributed by atoms with van der Waals surface area (Å²) in [7, 11) is 0. The van der Waals surface area contributed by atoms with Crippen LogP contribution in [0.4, 0.5) is 26.7 Å². The van der Waals surface area contributed by atoms with Gasteiger partial charge >= 0.3 is 18.2 Å². The van der Waals surface area contributed by atoms with Crippen LogP contribution < -0.4 is 5.32 Å². The predicted octanol–water partition coefficient (Wildman–Crippen LogP) is 3.49. The summed E-state index contributed by atoms with van der Waals surface area (Å²) in [5.74, 6) is -7.86. The molecule has 2 rings (SSSR count). The van der Waals surface area contributed by atoms with Gasteiger partial charge in [0.2, 0.25) is 0 Å². The molecule has 0 bridgehead atoms. The Hall–Kier alpha value is -2.65. The first kappa shape index (κ1) is 20.7. The highest BCUT2D eigenvalue weighted by atomic mass is 19.4. The van der Waals surface area contributed by atoms with Gasteiger partial charge in [-0.15, -0.1) is 0 Å². The summed E-state index contributed by atoms with van der Waals surface area (Å²) in [5.41, 5.74) is 0.479. The maximum atomic E-state index is 13.4. The van der Waals surface area contributed by atoms with Gasteiger partial charge in [0.15, 0.2) is 11.6 Å². The highest BCUT2D eigenvalue weighted by Crippen LogP contribution is 2.38. The van der Waals surface area contributed by atoms with E-state index in [0.29, 0.717) is 5.57 Å². The fourth-order valence-corrected chi connectivity index (χ4v) is 2.95. The highest BCUT2D eigenvalue weighted by molar-refractivity contribution is 5.78. The monoisotopic (exact) mass is 392 g/mol. The number of alkyl halides is 3. The minimum atomic E-state index is -4.77. The second kappa shape index (κ2) is 7.53. The summed E-state index contributed by atoms with van der Waals surface area (Å²) < 4.78 is 65.6. The van der Waals surface area contributed by atoms with Crippen LogP contribution in [0, 0.1) is 23.5 Å². The molecule has 1 aromatic carbocycles. The Labute approximate surface area is 151 Å². The Morgan fingerprint density at radius 3 is 2.33 bits per heavy atom. The van der Waals surface area contributed by atoms with Gasteiger partial charge in [-0.3, -0.25) is 4.79 Å². The van der Waals surface area contributed by atoms with E-state index >= 15 is 0 Å². The van der Waals surface area contributed by atoms with Gasteiger partial charge in [0, 0.05) is 13.1 Å². The van der Waals surface area contributed by atoms with Crippen LogP contribution in [-0.4, -0.2) is 41.3 Å². The molecule has 1 aliphatic heterocycles. The number of halogens is 5. The van der Waals surface area contributed by atoms with E-state index in [2.05, 4.69) is 11.9 Å². The fourth-order valence-electron chi connectivity index (χ4n) is 2.95. The molecule has 3 atom stereocenters. The average molecular weight is 392 g/mol. The molecule has 10 heteroatoms. The van der Waals surface area contributed by atoms with Crippen LogP contribution in [0.2, 0.25) is 0 Å². The lowest BCUT2D eigenvalue weighted by molar-refractivity contribution is -0.187. The lowest BCUT2D eigenvalue weighted by atomic mass is 9.96. The molecule has 1 aromatic rings. The van der Waals surface area contributed by atoms with Crippen molar-refractivity contribution in [2.45, 2.75) is 19.1 Å². The molecule has 148 valence electrons. The van der Waals surface area contributed by atoms with Crippen molar-refractivity contribution in [1.82, 2.24) is 10.2 Å². The Morgan fingerprint density at radius 2 is 1.89 bits per heavy atom. The van der Waals surface area contributed by atoms with Crippen molar-refractivity contribution >= 4 is 12.0 Å². The van der Waals surface area contributed by atoms with E-state index in [1.165, 1.54) is 13.0 Å². The van der Waals surface area contributed by atoms with Crippen LogP contribution >= 0.6 is 0 Å². The number of rotatable bonds is 4. The molecule has 0 radical (unpaired) electrons. The molecular formula is C17H17F5N2O3. The maximum Gasteiger partial charge on any atom is 0.394 e. The number of hydrogen-bond donors (Lipinski definition) is 2. The number of urea groups is 1. The third-order valence-electron chi connectivity index (χ3n) is 4.38. The van der Waals surface area contributed by atoms with E-state index in [4.69, 9.17) is 5.11 Å². The molecule has 1 heterocycles. The Kier molecular flexibility index (Phi) is 5.76. The van der Waals surface area contributed by atoms with Gasteiger partial charge in [-0.2, -0.15) is 13.2 Å². The standard InChI is InChI=1S/C17H17F5N2O3/c1-8(2)14(9-3-4-12(18)13(19)5-9)23-16(27)24-6-10(15(25)26)11(7-24)17(20,21)22/h3-5,10-11,14H,1,6-7H2,2H3,(H,23,27)(H,25,26)/t10-,11-,14?/m1/s1. The number of carbonyl (C=O) groups is 2. The first-order valence-electron chi connectivity index (χ1n) is 7.87. The molecule has 2 amide bonds. The lowest BCUT2D eigenvalue weighted by Gasteiger charge is -2.24. The van der Waals surface area contributed by atoms with E-state index in [0.717, 1.165) is 17.0 Å². The number of nitrogens with one attached hydrogen (secondary N) is 1. The van der Waals surface area contributed by atoms with Gasteiger partial charge in [-0.25, -0.2) is 13.6 Å². The fraction of sp³-hybridized carbons (Fsp3) is 0.412. The van der Waals surface area contributed by atoms with Crippen molar-refractivity contribution < 1.29 is 36.6 Å². The first-order chi connectivity index (χ1) is 12.4. The third-order valence-corrected chi connectivity index (χ3v) is 4.38. The van der Waals surface area contributed by atoms with Crippen molar-refractivity contribution in [1.29, 1.82) is 0 Å². The first-order valence-corrected chi connectivity index (χ1v) is 7.87.